The molecule has 1 aromatic carbocycles. The molecular formula is C27H32N6O2. The van der Waals surface area contributed by atoms with Gasteiger partial charge < -0.3 is 19.9 Å². The number of hydrogen-bond donors (Lipinski definition) is 2. The zero-order valence-electron chi connectivity index (χ0n) is 20.2. The molecule has 4 aromatic rings. The second-order valence-corrected chi connectivity index (χ2v) is 9.33. The van der Waals surface area contributed by atoms with E-state index in [2.05, 4.69) is 37.7 Å². The predicted octanol–water partition coefficient (Wildman–Crippen LogP) is 3.47. The predicted molar refractivity (Wildman–Crippen MR) is 137 cm³/mol. The van der Waals surface area contributed by atoms with E-state index in [0.29, 0.717) is 32.4 Å². The number of imidazole rings is 1. The van der Waals surface area contributed by atoms with Gasteiger partial charge in [-0.05, 0) is 50.5 Å². The molecule has 0 bridgehead atoms. The van der Waals surface area contributed by atoms with Crippen molar-refractivity contribution in [2.75, 3.05) is 24.5 Å². The van der Waals surface area contributed by atoms with Gasteiger partial charge in [-0.2, -0.15) is 0 Å². The molecule has 35 heavy (non-hydrogen) atoms. The smallest absolute Gasteiger partial charge is 0.220 e. The molecule has 0 atom stereocenters. The molecule has 8 heteroatoms. The highest BCUT2D eigenvalue weighted by atomic mass is 16.3. The number of carbonyl (C=O) groups is 1. The van der Waals surface area contributed by atoms with Gasteiger partial charge in [-0.25, -0.2) is 4.98 Å². The van der Waals surface area contributed by atoms with Crippen LogP contribution in [0.25, 0.3) is 21.9 Å². The number of nitrogens with one attached hydrogen (secondary N) is 1. The number of piperidine rings is 1. The highest BCUT2D eigenvalue weighted by Crippen LogP contribution is 2.30. The van der Waals surface area contributed by atoms with Crippen molar-refractivity contribution < 1.29 is 9.90 Å². The third kappa shape index (κ3) is 4.98. The van der Waals surface area contributed by atoms with Crippen molar-refractivity contribution in [2.24, 2.45) is 0 Å². The van der Waals surface area contributed by atoms with E-state index < -0.39 is 5.60 Å². The summed E-state index contributed by atoms with van der Waals surface area (Å²) in [6, 6.07) is 12.0. The van der Waals surface area contributed by atoms with Crippen molar-refractivity contribution in [1.82, 2.24) is 24.8 Å². The number of aryl methyl sites for hydroxylation is 2. The summed E-state index contributed by atoms with van der Waals surface area (Å²) in [6.45, 7) is 4.69. The Hall–Kier alpha value is -3.52. The number of nitrogens with zero attached hydrogens (tertiary/aromatic N) is 5. The van der Waals surface area contributed by atoms with E-state index in [4.69, 9.17) is 4.98 Å². The fraction of sp³-hybridized carbons (Fsp3) is 0.407. The molecule has 1 aliphatic heterocycles. The molecule has 8 nitrogen and oxygen atoms in total. The first-order chi connectivity index (χ1) is 17.1. The van der Waals surface area contributed by atoms with Crippen LogP contribution >= 0.6 is 0 Å². The summed E-state index contributed by atoms with van der Waals surface area (Å²) in [5.74, 6) is 0.998. The Labute approximate surface area is 205 Å². The number of aliphatic hydroxyl groups is 1. The number of carbonyl (C=O) groups excluding carboxylic acids is 1. The number of rotatable bonds is 8. The van der Waals surface area contributed by atoms with Gasteiger partial charge in [0.2, 0.25) is 5.91 Å². The molecule has 0 radical (unpaired) electrons. The number of para-hydroxylation sites is 2. The second kappa shape index (κ2) is 10.00. The van der Waals surface area contributed by atoms with Crippen molar-refractivity contribution in [3.8, 4) is 0 Å². The van der Waals surface area contributed by atoms with E-state index in [1.807, 2.05) is 42.7 Å². The largest absolute Gasteiger partial charge is 0.388 e. The van der Waals surface area contributed by atoms with Crippen LogP contribution in [-0.4, -0.2) is 55.8 Å². The highest BCUT2D eigenvalue weighted by Gasteiger charge is 2.33. The average Bonchev–Trinajstić information content (AvgIpc) is 3.25. The Kier molecular flexibility index (Phi) is 6.63. The van der Waals surface area contributed by atoms with Crippen LogP contribution in [0.3, 0.4) is 0 Å². The van der Waals surface area contributed by atoms with E-state index >= 15 is 0 Å². The normalized spacial score (nSPS) is 15.5. The van der Waals surface area contributed by atoms with Gasteiger partial charge in [-0.1, -0.05) is 12.1 Å². The minimum atomic E-state index is -0.885. The van der Waals surface area contributed by atoms with Crippen molar-refractivity contribution in [3.05, 3.63) is 60.8 Å². The van der Waals surface area contributed by atoms with Gasteiger partial charge in [0.15, 0.2) is 0 Å². The molecule has 1 amide bonds. The monoisotopic (exact) mass is 472 g/mol. The number of fused-ring (bicyclic) bond motifs is 2. The molecule has 5 rings (SSSR count). The lowest BCUT2D eigenvalue weighted by atomic mass is 9.91. The summed E-state index contributed by atoms with van der Waals surface area (Å²) >= 11 is 0. The summed E-state index contributed by atoms with van der Waals surface area (Å²) in [7, 11) is 0. The summed E-state index contributed by atoms with van der Waals surface area (Å²) in [4.78, 5) is 28.2. The first-order valence-electron chi connectivity index (χ1n) is 12.4. The third-order valence-electron chi connectivity index (χ3n) is 7.02. The summed E-state index contributed by atoms with van der Waals surface area (Å²) < 4.78 is 2.21. The number of amides is 1. The fourth-order valence-electron chi connectivity index (χ4n) is 5.02. The lowest BCUT2D eigenvalue weighted by Crippen LogP contribution is -2.51. The second-order valence-electron chi connectivity index (χ2n) is 9.33. The molecule has 2 N–H and O–H groups in total. The molecular weight excluding hydrogens is 440 g/mol. The quantitative estimate of drug-likeness (QED) is 0.408. The van der Waals surface area contributed by atoms with Crippen LogP contribution in [0.15, 0.2) is 55.0 Å². The molecule has 4 heterocycles. The minimum absolute atomic E-state index is 0.0220. The van der Waals surface area contributed by atoms with Gasteiger partial charge in [0, 0.05) is 68.7 Å². The average molecular weight is 473 g/mol. The third-order valence-corrected chi connectivity index (χ3v) is 7.02. The van der Waals surface area contributed by atoms with E-state index in [1.165, 1.54) is 0 Å². The Morgan fingerprint density at radius 1 is 1.11 bits per heavy atom. The maximum absolute atomic E-state index is 12.5. The number of anilines is 1. The zero-order chi connectivity index (χ0) is 24.3. The van der Waals surface area contributed by atoms with E-state index in [0.717, 1.165) is 52.8 Å². The first kappa shape index (κ1) is 23.2. The molecule has 0 aliphatic carbocycles. The lowest BCUT2D eigenvalue weighted by molar-refractivity contribution is -0.122. The van der Waals surface area contributed by atoms with Crippen LogP contribution in [0, 0.1) is 0 Å². The van der Waals surface area contributed by atoms with E-state index in [9.17, 15) is 9.90 Å². The number of pyridine rings is 2. The van der Waals surface area contributed by atoms with Gasteiger partial charge in [0.25, 0.3) is 0 Å². The maximum Gasteiger partial charge on any atom is 0.220 e. The van der Waals surface area contributed by atoms with E-state index in [-0.39, 0.29) is 12.5 Å². The highest BCUT2D eigenvalue weighted by molar-refractivity contribution is 5.90. The molecule has 1 fully saturated rings. The van der Waals surface area contributed by atoms with Crippen LogP contribution in [0.5, 0.6) is 0 Å². The maximum atomic E-state index is 12.5. The van der Waals surface area contributed by atoms with Crippen LogP contribution in [0.2, 0.25) is 0 Å². The Bertz CT molecular complexity index is 1320. The number of benzene rings is 1. The fourth-order valence-corrected chi connectivity index (χ4v) is 5.02. The molecule has 0 unspecified atom stereocenters. The van der Waals surface area contributed by atoms with Crippen LogP contribution in [0.4, 0.5) is 5.69 Å². The molecule has 1 saturated heterocycles. The lowest BCUT2D eigenvalue weighted by Gasteiger charge is -2.39. The molecule has 1 aliphatic rings. The Morgan fingerprint density at radius 3 is 2.77 bits per heavy atom. The van der Waals surface area contributed by atoms with Crippen LogP contribution < -0.4 is 10.2 Å². The van der Waals surface area contributed by atoms with Gasteiger partial charge in [-0.3, -0.25) is 14.8 Å². The standard InChI is InChI=1S/C27H32N6O2/c1-2-33-24-7-4-3-6-22(24)31-25(33)8-5-9-26(34)30-19-27(35)12-16-32(17-13-27)23-11-15-29-21-10-14-28-18-20(21)23/h3-4,6-7,10-11,14-15,18,35H,2,5,8-9,12-13,16-17,19H2,1H3,(H,30,34). The molecule has 3 aromatic heterocycles. The van der Waals surface area contributed by atoms with Crippen molar-refractivity contribution in [3.63, 3.8) is 0 Å². The molecule has 0 spiro atoms. The molecule has 0 saturated carbocycles. The van der Waals surface area contributed by atoms with Gasteiger partial charge >= 0.3 is 0 Å². The van der Waals surface area contributed by atoms with Crippen LogP contribution in [-0.2, 0) is 17.8 Å². The first-order valence-corrected chi connectivity index (χ1v) is 12.4. The SMILES string of the molecule is CCn1c(CCCC(=O)NCC2(O)CCN(c3ccnc4ccncc34)CC2)nc2ccccc21. The van der Waals surface area contributed by atoms with E-state index in [1.54, 1.807) is 6.20 Å². The topological polar surface area (TPSA) is 96.2 Å². The zero-order valence-corrected chi connectivity index (χ0v) is 20.2. The summed E-state index contributed by atoms with van der Waals surface area (Å²) in [5, 5.41) is 15.1. The van der Waals surface area contributed by atoms with Crippen LogP contribution in [0.1, 0.15) is 38.4 Å². The van der Waals surface area contributed by atoms with Gasteiger partial charge in [0.1, 0.15) is 5.82 Å². The van der Waals surface area contributed by atoms with Crippen molar-refractivity contribution >= 4 is 33.5 Å². The number of hydrogen-bond acceptors (Lipinski definition) is 6. The van der Waals surface area contributed by atoms with Gasteiger partial charge in [-0.15, -0.1) is 0 Å². The minimum Gasteiger partial charge on any atom is -0.388 e. The number of aromatic nitrogens is 4. The Balaban J connectivity index is 1.11. The van der Waals surface area contributed by atoms with Crippen molar-refractivity contribution in [2.45, 2.75) is 51.2 Å². The van der Waals surface area contributed by atoms with Crippen molar-refractivity contribution in [1.29, 1.82) is 0 Å². The molecule has 182 valence electrons. The summed E-state index contributed by atoms with van der Waals surface area (Å²) in [6.07, 6.45) is 8.49. The Morgan fingerprint density at radius 2 is 1.94 bits per heavy atom. The summed E-state index contributed by atoms with van der Waals surface area (Å²) in [5.41, 5.74) is 3.26. The van der Waals surface area contributed by atoms with Gasteiger partial charge in [0.05, 0.1) is 22.2 Å².